The van der Waals surface area contributed by atoms with Crippen LogP contribution >= 0.6 is 0 Å². The first-order valence-corrected chi connectivity index (χ1v) is 13.0. The van der Waals surface area contributed by atoms with E-state index in [9.17, 15) is 30.4 Å². The van der Waals surface area contributed by atoms with Gasteiger partial charge < -0.3 is 4.57 Å². The molecule has 0 aliphatic heterocycles. The SMILES string of the molecule is CCS(=O)(=O)c1cc(-c2ncccc2C2CC2)cnc1-c1nc2cc(C(F)(F)C(F)(F)F)cnc2n1C. The van der Waals surface area contributed by atoms with E-state index in [-0.39, 0.29) is 33.3 Å². The lowest BCUT2D eigenvalue weighted by molar-refractivity contribution is -0.289. The lowest BCUT2D eigenvalue weighted by Crippen LogP contribution is -2.33. The summed E-state index contributed by atoms with van der Waals surface area (Å²) in [5.74, 6) is -5.10. The predicted octanol–water partition coefficient (Wildman–Crippen LogP) is 5.42. The topological polar surface area (TPSA) is 90.6 Å². The van der Waals surface area contributed by atoms with Gasteiger partial charge in [-0.3, -0.25) is 9.97 Å². The van der Waals surface area contributed by atoms with E-state index in [1.165, 1.54) is 30.8 Å². The van der Waals surface area contributed by atoms with Crippen LogP contribution in [0.25, 0.3) is 33.9 Å². The van der Waals surface area contributed by atoms with Crippen LogP contribution in [0, 0.1) is 0 Å². The van der Waals surface area contributed by atoms with E-state index < -0.39 is 27.5 Å². The van der Waals surface area contributed by atoms with Crippen molar-refractivity contribution in [3.05, 3.63) is 54.0 Å². The summed E-state index contributed by atoms with van der Waals surface area (Å²) >= 11 is 0. The van der Waals surface area contributed by atoms with E-state index in [4.69, 9.17) is 0 Å². The molecule has 0 atom stereocenters. The van der Waals surface area contributed by atoms with Crippen molar-refractivity contribution >= 4 is 21.0 Å². The van der Waals surface area contributed by atoms with Gasteiger partial charge in [0.05, 0.1) is 21.9 Å². The van der Waals surface area contributed by atoms with E-state index in [1.54, 1.807) is 6.20 Å². The summed E-state index contributed by atoms with van der Waals surface area (Å²) < 4.78 is 93.9. The van der Waals surface area contributed by atoms with Crippen molar-refractivity contribution in [3.8, 4) is 22.8 Å². The maximum absolute atomic E-state index is 13.9. The van der Waals surface area contributed by atoms with Gasteiger partial charge in [-0.25, -0.2) is 18.4 Å². The van der Waals surface area contributed by atoms with Crippen molar-refractivity contribution in [2.24, 2.45) is 7.05 Å². The molecule has 0 bridgehead atoms. The maximum atomic E-state index is 13.9. The molecule has 0 saturated heterocycles. The number of sulfone groups is 1. The summed E-state index contributed by atoms with van der Waals surface area (Å²) in [7, 11) is -2.42. The third-order valence-electron chi connectivity index (χ3n) is 6.34. The van der Waals surface area contributed by atoms with Crippen molar-refractivity contribution in [3.63, 3.8) is 0 Å². The van der Waals surface area contributed by atoms with Gasteiger partial charge in [0, 0.05) is 31.2 Å². The molecular formula is C24H20F5N5O2S. The Morgan fingerprint density at radius 1 is 1.03 bits per heavy atom. The second kappa shape index (κ2) is 8.54. The average molecular weight is 538 g/mol. The minimum atomic E-state index is -5.81. The molecule has 1 aliphatic rings. The van der Waals surface area contributed by atoms with Crippen LogP contribution in [0.2, 0.25) is 0 Å². The molecule has 1 aliphatic carbocycles. The van der Waals surface area contributed by atoms with Crippen LogP contribution < -0.4 is 0 Å². The van der Waals surface area contributed by atoms with Gasteiger partial charge in [0.15, 0.2) is 21.3 Å². The van der Waals surface area contributed by atoms with Crippen LogP contribution in [0.5, 0.6) is 0 Å². The van der Waals surface area contributed by atoms with Crippen molar-refractivity contribution in [2.45, 2.75) is 42.7 Å². The minimum Gasteiger partial charge on any atom is -0.310 e. The lowest BCUT2D eigenvalue weighted by Gasteiger charge is -2.19. The van der Waals surface area contributed by atoms with Gasteiger partial charge in [-0.2, -0.15) is 22.0 Å². The Balaban J connectivity index is 1.68. The van der Waals surface area contributed by atoms with Gasteiger partial charge >= 0.3 is 12.1 Å². The standard InChI is InChI=1S/C24H20F5N5O2S/c1-3-37(35,36)18-9-14(19-16(13-6-7-13)5-4-8-30-19)11-31-20(18)22-33-17-10-15(12-32-21(17)34(22)2)23(25,26)24(27,28)29/h4-5,8-13H,3,6-7H2,1-2H3. The second-order valence-electron chi connectivity index (χ2n) is 8.82. The summed E-state index contributed by atoms with van der Waals surface area (Å²) in [4.78, 5) is 16.6. The number of pyridine rings is 3. The molecule has 194 valence electrons. The van der Waals surface area contributed by atoms with Crippen molar-refractivity contribution in [1.82, 2.24) is 24.5 Å². The van der Waals surface area contributed by atoms with E-state index >= 15 is 0 Å². The normalized spacial score (nSPS) is 14.9. The number of alkyl halides is 5. The highest BCUT2D eigenvalue weighted by Crippen LogP contribution is 2.45. The highest BCUT2D eigenvalue weighted by atomic mass is 32.2. The van der Waals surface area contributed by atoms with Crippen LogP contribution in [0.4, 0.5) is 22.0 Å². The number of nitrogens with zero attached hydrogens (tertiary/aromatic N) is 5. The molecule has 4 aromatic heterocycles. The van der Waals surface area contributed by atoms with Gasteiger partial charge in [0.1, 0.15) is 11.2 Å². The lowest BCUT2D eigenvalue weighted by atomic mass is 10.0. The number of fused-ring (bicyclic) bond motifs is 1. The molecule has 1 saturated carbocycles. The van der Waals surface area contributed by atoms with E-state index in [1.807, 2.05) is 12.1 Å². The first-order chi connectivity index (χ1) is 17.3. The number of aromatic nitrogens is 5. The highest BCUT2D eigenvalue weighted by Gasteiger charge is 2.59. The predicted molar refractivity (Wildman–Crippen MR) is 125 cm³/mol. The highest BCUT2D eigenvalue weighted by molar-refractivity contribution is 7.91. The maximum Gasteiger partial charge on any atom is 0.458 e. The third kappa shape index (κ3) is 4.24. The number of aryl methyl sites for hydroxylation is 1. The molecular weight excluding hydrogens is 517 g/mol. The number of halogens is 5. The Labute approximate surface area is 208 Å². The summed E-state index contributed by atoms with van der Waals surface area (Å²) in [6, 6.07) is 5.79. The number of rotatable bonds is 6. The van der Waals surface area contributed by atoms with E-state index in [2.05, 4.69) is 19.9 Å². The Morgan fingerprint density at radius 2 is 1.76 bits per heavy atom. The third-order valence-corrected chi connectivity index (χ3v) is 8.08. The summed E-state index contributed by atoms with van der Waals surface area (Å²) in [6.45, 7) is 1.46. The van der Waals surface area contributed by atoms with Crippen LogP contribution in [-0.2, 0) is 22.8 Å². The zero-order valence-corrected chi connectivity index (χ0v) is 20.4. The molecule has 0 amide bonds. The molecule has 4 heterocycles. The van der Waals surface area contributed by atoms with Crippen molar-refractivity contribution in [1.29, 1.82) is 0 Å². The molecule has 5 rings (SSSR count). The summed E-state index contributed by atoms with van der Waals surface area (Å²) in [6.07, 6.45) is -0.311. The van der Waals surface area contributed by atoms with Crippen LogP contribution in [0.1, 0.15) is 36.8 Å². The Hall–Kier alpha value is -3.48. The monoisotopic (exact) mass is 537 g/mol. The molecule has 1 fully saturated rings. The Bertz CT molecular complexity index is 1630. The summed E-state index contributed by atoms with van der Waals surface area (Å²) in [5.41, 5.74) is 0.379. The van der Waals surface area contributed by atoms with Crippen LogP contribution in [-0.4, -0.2) is 44.8 Å². The fourth-order valence-electron chi connectivity index (χ4n) is 4.14. The fraction of sp³-hybridized carbons (Fsp3) is 0.333. The zero-order chi connectivity index (χ0) is 26.8. The van der Waals surface area contributed by atoms with E-state index in [0.29, 0.717) is 29.4 Å². The second-order valence-corrected chi connectivity index (χ2v) is 11.1. The Morgan fingerprint density at radius 3 is 2.41 bits per heavy atom. The quantitative estimate of drug-likeness (QED) is 0.305. The molecule has 0 N–H and O–H groups in total. The van der Waals surface area contributed by atoms with Gasteiger partial charge in [0.25, 0.3) is 0 Å². The van der Waals surface area contributed by atoms with Crippen LogP contribution in [0.3, 0.4) is 0 Å². The number of imidazole rings is 1. The smallest absolute Gasteiger partial charge is 0.310 e. The molecule has 0 spiro atoms. The molecule has 0 aromatic carbocycles. The van der Waals surface area contributed by atoms with Crippen molar-refractivity contribution < 1.29 is 30.4 Å². The van der Waals surface area contributed by atoms with Crippen LogP contribution in [0.15, 0.2) is 47.8 Å². The molecule has 0 radical (unpaired) electrons. The number of hydrogen-bond donors (Lipinski definition) is 0. The van der Waals surface area contributed by atoms with Crippen molar-refractivity contribution in [2.75, 3.05) is 5.75 Å². The molecule has 37 heavy (non-hydrogen) atoms. The summed E-state index contributed by atoms with van der Waals surface area (Å²) in [5, 5.41) is 0. The fourth-order valence-corrected chi connectivity index (χ4v) is 5.20. The number of hydrogen-bond acceptors (Lipinski definition) is 6. The first kappa shape index (κ1) is 25.2. The molecule has 7 nitrogen and oxygen atoms in total. The Kier molecular flexibility index (Phi) is 5.81. The molecule has 0 unspecified atom stereocenters. The zero-order valence-electron chi connectivity index (χ0n) is 19.6. The first-order valence-electron chi connectivity index (χ1n) is 11.3. The molecule has 13 heteroatoms. The molecule has 4 aromatic rings. The minimum absolute atomic E-state index is 0.0109. The van der Waals surface area contributed by atoms with Gasteiger partial charge in [-0.1, -0.05) is 13.0 Å². The largest absolute Gasteiger partial charge is 0.458 e. The van der Waals surface area contributed by atoms with Gasteiger partial charge in [-0.05, 0) is 42.5 Å². The average Bonchev–Trinajstić information content (AvgIpc) is 3.66. The van der Waals surface area contributed by atoms with Gasteiger partial charge in [-0.15, -0.1) is 0 Å². The van der Waals surface area contributed by atoms with E-state index in [0.717, 1.165) is 18.4 Å². The van der Waals surface area contributed by atoms with Gasteiger partial charge in [0.2, 0.25) is 0 Å².